The van der Waals surface area contributed by atoms with Crippen molar-refractivity contribution in [2.24, 2.45) is 11.5 Å². The van der Waals surface area contributed by atoms with Gasteiger partial charge in [0, 0.05) is 5.75 Å². The first-order valence-corrected chi connectivity index (χ1v) is 7.60. The summed E-state index contributed by atoms with van der Waals surface area (Å²) >= 11 is 3.04. The van der Waals surface area contributed by atoms with E-state index in [9.17, 15) is 9.59 Å². The number of nitrogens with two attached hydrogens (primary N) is 2. The van der Waals surface area contributed by atoms with Crippen LogP contribution in [0.25, 0.3) is 0 Å². The standard InChI is InChI=1S/C5H11NO2S.C4H9NO2S/c1-9-3-2-4(6)5(7)8;1-8-2-3(5)4(6)7/h4H,2-3,6H2,1H3,(H,7,8);3H,2,5H2,1H3,(H,6,7)/t4-;3-/m00/s1. The maximum atomic E-state index is 10.1. The van der Waals surface area contributed by atoms with E-state index in [4.69, 9.17) is 21.7 Å². The molecule has 0 aliphatic carbocycles. The van der Waals surface area contributed by atoms with Gasteiger partial charge in [0.25, 0.3) is 0 Å². The Hall–Kier alpha value is -0.440. The van der Waals surface area contributed by atoms with Crippen LogP contribution in [-0.4, -0.2) is 58.3 Å². The minimum absolute atomic E-state index is 0.481. The molecule has 0 aromatic carbocycles. The maximum absolute atomic E-state index is 10.1. The van der Waals surface area contributed by atoms with E-state index in [-0.39, 0.29) is 0 Å². The molecular formula is C9H20N2O4S2. The lowest BCUT2D eigenvalue weighted by Gasteiger charge is -2.02. The largest absolute Gasteiger partial charge is 0.480 e. The Bertz CT molecular complexity index is 229. The van der Waals surface area contributed by atoms with Crippen LogP contribution in [-0.2, 0) is 9.59 Å². The zero-order chi connectivity index (χ0) is 13.8. The van der Waals surface area contributed by atoms with E-state index in [2.05, 4.69) is 0 Å². The fourth-order valence-electron chi connectivity index (χ4n) is 0.619. The van der Waals surface area contributed by atoms with Crippen LogP contribution < -0.4 is 11.5 Å². The number of carboxylic acids is 2. The quantitative estimate of drug-likeness (QED) is 0.511. The second kappa shape index (κ2) is 12.0. The Morgan fingerprint density at radius 3 is 1.76 bits per heavy atom. The van der Waals surface area contributed by atoms with Crippen molar-refractivity contribution >= 4 is 35.5 Å². The van der Waals surface area contributed by atoms with Gasteiger partial charge in [-0.3, -0.25) is 9.59 Å². The monoisotopic (exact) mass is 284 g/mol. The van der Waals surface area contributed by atoms with Crippen molar-refractivity contribution in [1.29, 1.82) is 0 Å². The average molecular weight is 284 g/mol. The number of thioether (sulfide) groups is 2. The summed E-state index contributed by atoms with van der Waals surface area (Å²) in [6.07, 6.45) is 4.30. The van der Waals surface area contributed by atoms with Crippen molar-refractivity contribution in [2.75, 3.05) is 24.0 Å². The molecule has 0 fully saturated rings. The van der Waals surface area contributed by atoms with Crippen LogP contribution in [0.5, 0.6) is 0 Å². The fraction of sp³-hybridized carbons (Fsp3) is 0.778. The molecule has 8 heteroatoms. The van der Waals surface area contributed by atoms with Crippen molar-refractivity contribution in [1.82, 2.24) is 0 Å². The van der Waals surface area contributed by atoms with Gasteiger partial charge in [-0.05, 0) is 24.7 Å². The molecule has 0 aromatic heterocycles. The van der Waals surface area contributed by atoms with E-state index in [0.717, 1.165) is 5.75 Å². The van der Waals surface area contributed by atoms with E-state index < -0.39 is 24.0 Å². The molecule has 0 amide bonds. The van der Waals surface area contributed by atoms with Gasteiger partial charge in [0.1, 0.15) is 12.1 Å². The van der Waals surface area contributed by atoms with E-state index in [1.807, 2.05) is 12.5 Å². The van der Waals surface area contributed by atoms with Crippen LogP contribution in [0.1, 0.15) is 6.42 Å². The van der Waals surface area contributed by atoms with Crippen molar-refractivity contribution < 1.29 is 19.8 Å². The van der Waals surface area contributed by atoms with Gasteiger partial charge in [-0.2, -0.15) is 23.5 Å². The lowest BCUT2D eigenvalue weighted by molar-refractivity contribution is -0.139. The van der Waals surface area contributed by atoms with E-state index >= 15 is 0 Å². The third-order valence-electron chi connectivity index (χ3n) is 1.61. The Balaban J connectivity index is 0. The molecule has 0 saturated carbocycles. The second-order valence-corrected chi connectivity index (χ2v) is 5.02. The highest BCUT2D eigenvalue weighted by molar-refractivity contribution is 7.98. The molecule has 0 aliphatic rings. The molecule has 6 nitrogen and oxygen atoms in total. The van der Waals surface area contributed by atoms with Gasteiger partial charge in [-0.25, -0.2) is 0 Å². The number of carboxylic acid groups (broad SMARTS) is 2. The molecule has 0 aliphatic heterocycles. The van der Waals surface area contributed by atoms with Gasteiger partial charge in [0.2, 0.25) is 0 Å². The Kier molecular flexibility index (Phi) is 13.4. The molecule has 0 saturated heterocycles. The van der Waals surface area contributed by atoms with Crippen LogP contribution in [0, 0.1) is 0 Å². The van der Waals surface area contributed by atoms with E-state index in [0.29, 0.717) is 12.2 Å². The number of aliphatic carboxylic acids is 2. The first kappa shape index (κ1) is 18.9. The highest BCUT2D eigenvalue weighted by Crippen LogP contribution is 1.97. The lowest BCUT2D eigenvalue weighted by atomic mass is 10.2. The summed E-state index contributed by atoms with van der Waals surface area (Å²) in [5.74, 6) is -0.550. The minimum atomic E-state index is -0.931. The zero-order valence-corrected chi connectivity index (χ0v) is 11.6. The smallest absolute Gasteiger partial charge is 0.321 e. The predicted molar refractivity (Wildman–Crippen MR) is 72.6 cm³/mol. The molecule has 0 heterocycles. The number of hydrogen-bond acceptors (Lipinski definition) is 6. The normalized spacial score (nSPS) is 13.2. The van der Waals surface area contributed by atoms with Gasteiger partial charge in [-0.1, -0.05) is 0 Å². The Morgan fingerprint density at radius 2 is 1.53 bits per heavy atom. The molecule has 0 rings (SSSR count). The first-order chi connectivity index (χ1) is 7.86. The molecule has 0 spiro atoms. The highest BCUT2D eigenvalue weighted by Gasteiger charge is 2.09. The third kappa shape index (κ3) is 13.5. The molecule has 0 aromatic rings. The summed E-state index contributed by atoms with van der Waals surface area (Å²) in [7, 11) is 0. The Morgan fingerprint density at radius 1 is 1.06 bits per heavy atom. The van der Waals surface area contributed by atoms with Crippen LogP contribution in [0.4, 0.5) is 0 Å². The van der Waals surface area contributed by atoms with Gasteiger partial charge in [0.05, 0.1) is 0 Å². The summed E-state index contributed by atoms with van der Waals surface area (Å²) in [4.78, 5) is 20.0. The van der Waals surface area contributed by atoms with Gasteiger partial charge >= 0.3 is 11.9 Å². The van der Waals surface area contributed by atoms with Gasteiger partial charge < -0.3 is 21.7 Å². The predicted octanol–water partition coefficient (Wildman–Crippen LogP) is -0.0873. The fourth-order valence-corrected chi connectivity index (χ4v) is 1.61. The molecule has 6 N–H and O–H groups in total. The molecule has 2 atom stereocenters. The van der Waals surface area contributed by atoms with Crippen LogP contribution in [0.15, 0.2) is 0 Å². The summed E-state index contributed by atoms with van der Waals surface area (Å²) in [5, 5.41) is 16.4. The van der Waals surface area contributed by atoms with Crippen molar-refractivity contribution in [2.45, 2.75) is 18.5 Å². The lowest BCUT2D eigenvalue weighted by Crippen LogP contribution is -2.32. The molecule has 0 radical (unpaired) electrons. The number of hydrogen-bond donors (Lipinski definition) is 4. The SMILES string of the molecule is CSCC[C@H](N)C(=O)O.CSC[C@H](N)C(=O)O. The molecular weight excluding hydrogens is 264 g/mol. The van der Waals surface area contributed by atoms with Gasteiger partial charge in [0.15, 0.2) is 0 Å². The Labute approximate surface area is 110 Å². The summed E-state index contributed by atoms with van der Waals surface area (Å²) in [5.41, 5.74) is 10.3. The van der Waals surface area contributed by atoms with Crippen LogP contribution >= 0.6 is 23.5 Å². The molecule has 102 valence electrons. The molecule has 17 heavy (non-hydrogen) atoms. The average Bonchev–Trinajstić information content (AvgIpc) is 2.26. The zero-order valence-electron chi connectivity index (χ0n) is 9.96. The topological polar surface area (TPSA) is 127 Å². The summed E-state index contributed by atoms with van der Waals surface area (Å²) in [6, 6.07) is -1.39. The van der Waals surface area contributed by atoms with Gasteiger partial charge in [-0.15, -0.1) is 0 Å². The minimum Gasteiger partial charge on any atom is -0.480 e. The number of rotatable bonds is 7. The molecule has 0 unspecified atom stereocenters. The van der Waals surface area contributed by atoms with Crippen molar-refractivity contribution in [3.8, 4) is 0 Å². The first-order valence-electron chi connectivity index (χ1n) is 4.81. The maximum Gasteiger partial charge on any atom is 0.321 e. The second-order valence-electron chi connectivity index (χ2n) is 3.13. The van der Waals surface area contributed by atoms with Crippen LogP contribution in [0.3, 0.4) is 0 Å². The van der Waals surface area contributed by atoms with Crippen molar-refractivity contribution in [3.63, 3.8) is 0 Å². The van der Waals surface area contributed by atoms with Crippen molar-refractivity contribution in [3.05, 3.63) is 0 Å². The third-order valence-corrected chi connectivity index (χ3v) is 2.95. The number of carbonyl (C=O) groups is 2. The van der Waals surface area contributed by atoms with E-state index in [1.54, 1.807) is 11.8 Å². The molecule has 0 bridgehead atoms. The van der Waals surface area contributed by atoms with E-state index in [1.165, 1.54) is 11.8 Å². The summed E-state index contributed by atoms with van der Waals surface area (Å²) < 4.78 is 0. The van der Waals surface area contributed by atoms with Crippen LogP contribution in [0.2, 0.25) is 0 Å². The highest BCUT2D eigenvalue weighted by atomic mass is 32.2. The summed E-state index contributed by atoms with van der Waals surface area (Å²) in [6.45, 7) is 0.